The molecule has 5 aromatic rings. The summed E-state index contributed by atoms with van der Waals surface area (Å²) in [7, 11) is 0. The van der Waals surface area contributed by atoms with Crippen molar-refractivity contribution in [3.05, 3.63) is 161 Å². The lowest BCUT2D eigenvalue weighted by molar-refractivity contribution is -0.122. The lowest BCUT2D eigenvalue weighted by atomic mass is 9.77. The third kappa shape index (κ3) is 8.06. The molecule has 1 heterocycles. The number of aromatic amines is 1. The van der Waals surface area contributed by atoms with Gasteiger partial charge in [-0.1, -0.05) is 121 Å². The first-order valence-corrected chi connectivity index (χ1v) is 15.3. The number of nitrogens with one attached hydrogen (secondary N) is 3. The molecular formula is C38H40N4O3. The standard InChI is InChI=1S/C38H40N4O3/c1-37(2,3)45-36(44)41-33(35-39-27-32(40-35)25-24-28-16-8-4-9-17-28)26-34(43)42-38(29-18-10-5-11-19-29,30-20-12-6-13-21-30)31-22-14-7-15-23-31/h4-23,27,33H,24-26H2,1-3H3,(H,39,40)(H,41,44)(H,42,43)/t33-/m1/s1. The zero-order chi connectivity index (χ0) is 31.7. The molecule has 1 atom stereocenters. The van der Waals surface area contributed by atoms with E-state index in [-0.39, 0.29) is 12.3 Å². The summed E-state index contributed by atoms with van der Waals surface area (Å²) in [6.07, 6.45) is 2.65. The SMILES string of the molecule is CC(C)(C)OC(=O)N[C@H](CC(=O)NC(c1ccccc1)(c1ccccc1)c1ccccc1)c1ncc(CCc2ccccc2)[nH]1. The number of hydrogen-bond acceptors (Lipinski definition) is 4. The molecule has 0 spiro atoms. The van der Waals surface area contributed by atoms with Gasteiger partial charge in [-0.05, 0) is 55.9 Å². The minimum absolute atomic E-state index is 0.0703. The van der Waals surface area contributed by atoms with Crippen LogP contribution in [0.5, 0.6) is 0 Å². The Morgan fingerprint density at radius 1 is 0.733 bits per heavy atom. The van der Waals surface area contributed by atoms with Gasteiger partial charge in [-0.2, -0.15) is 0 Å². The molecule has 0 saturated carbocycles. The summed E-state index contributed by atoms with van der Waals surface area (Å²) >= 11 is 0. The molecule has 2 amide bonds. The van der Waals surface area contributed by atoms with Gasteiger partial charge in [-0.25, -0.2) is 9.78 Å². The molecule has 1 aromatic heterocycles. The third-order valence-electron chi connectivity index (χ3n) is 7.53. The average Bonchev–Trinajstić information content (AvgIpc) is 3.52. The van der Waals surface area contributed by atoms with Crippen molar-refractivity contribution in [1.82, 2.24) is 20.6 Å². The number of nitrogens with zero attached hydrogens (tertiary/aromatic N) is 1. The highest BCUT2D eigenvalue weighted by molar-refractivity contribution is 5.80. The predicted molar refractivity (Wildman–Crippen MR) is 177 cm³/mol. The van der Waals surface area contributed by atoms with E-state index in [2.05, 4.69) is 32.7 Å². The molecule has 3 N–H and O–H groups in total. The van der Waals surface area contributed by atoms with Crippen molar-refractivity contribution in [3.8, 4) is 0 Å². The van der Waals surface area contributed by atoms with Gasteiger partial charge in [0.05, 0.1) is 12.5 Å². The predicted octanol–water partition coefficient (Wildman–Crippen LogP) is 7.26. The minimum Gasteiger partial charge on any atom is -0.444 e. The molecule has 4 aromatic carbocycles. The van der Waals surface area contributed by atoms with Gasteiger partial charge in [0.1, 0.15) is 17.0 Å². The first-order chi connectivity index (χ1) is 21.7. The molecule has 0 unspecified atom stereocenters. The maximum atomic E-state index is 14.2. The molecule has 0 radical (unpaired) electrons. The first kappa shape index (κ1) is 31.3. The Bertz CT molecular complexity index is 1570. The van der Waals surface area contributed by atoms with Crippen molar-refractivity contribution in [3.63, 3.8) is 0 Å². The van der Waals surface area contributed by atoms with E-state index in [4.69, 9.17) is 4.74 Å². The van der Waals surface area contributed by atoms with Crippen LogP contribution >= 0.6 is 0 Å². The van der Waals surface area contributed by atoms with Gasteiger partial charge in [0.25, 0.3) is 0 Å². The van der Waals surface area contributed by atoms with Gasteiger partial charge < -0.3 is 20.4 Å². The van der Waals surface area contributed by atoms with E-state index in [1.54, 1.807) is 27.0 Å². The second kappa shape index (κ2) is 14.1. The van der Waals surface area contributed by atoms with Crippen LogP contribution in [-0.4, -0.2) is 27.6 Å². The fourth-order valence-corrected chi connectivity index (χ4v) is 5.50. The molecule has 7 heteroatoms. The van der Waals surface area contributed by atoms with Crippen LogP contribution in [-0.2, 0) is 27.9 Å². The second-order valence-corrected chi connectivity index (χ2v) is 12.1. The highest BCUT2D eigenvalue weighted by Gasteiger charge is 2.38. The van der Waals surface area contributed by atoms with Gasteiger partial charge in [0.15, 0.2) is 0 Å². The van der Waals surface area contributed by atoms with E-state index in [0.717, 1.165) is 35.2 Å². The normalized spacial score (nSPS) is 12.2. The average molecular weight is 601 g/mol. The number of hydrogen-bond donors (Lipinski definition) is 3. The summed E-state index contributed by atoms with van der Waals surface area (Å²) < 4.78 is 5.57. The zero-order valence-electron chi connectivity index (χ0n) is 26.0. The van der Waals surface area contributed by atoms with Crippen LogP contribution < -0.4 is 10.6 Å². The third-order valence-corrected chi connectivity index (χ3v) is 7.53. The molecule has 5 rings (SSSR count). The number of carbonyl (C=O) groups is 2. The number of H-pyrrole nitrogens is 1. The van der Waals surface area contributed by atoms with Gasteiger partial charge >= 0.3 is 6.09 Å². The number of ether oxygens (including phenoxy) is 1. The fourth-order valence-electron chi connectivity index (χ4n) is 5.50. The maximum Gasteiger partial charge on any atom is 0.408 e. The highest BCUT2D eigenvalue weighted by Crippen LogP contribution is 2.37. The van der Waals surface area contributed by atoms with E-state index in [1.807, 2.05) is 109 Å². The summed E-state index contributed by atoms with van der Waals surface area (Å²) in [4.78, 5) is 35.1. The lowest BCUT2D eigenvalue weighted by Gasteiger charge is -2.37. The maximum absolute atomic E-state index is 14.2. The Morgan fingerprint density at radius 2 is 1.22 bits per heavy atom. The Labute approximate surface area is 265 Å². The summed E-state index contributed by atoms with van der Waals surface area (Å²) in [6.45, 7) is 5.41. The number of aryl methyl sites for hydroxylation is 2. The topological polar surface area (TPSA) is 96.1 Å². The van der Waals surface area contributed by atoms with Crippen LogP contribution in [0.1, 0.15) is 67.0 Å². The molecular weight excluding hydrogens is 560 g/mol. The molecule has 0 aliphatic rings. The molecule has 0 aliphatic heterocycles. The molecule has 45 heavy (non-hydrogen) atoms. The number of rotatable bonds is 11. The number of alkyl carbamates (subject to hydrolysis) is 1. The van der Waals surface area contributed by atoms with Gasteiger partial charge in [-0.3, -0.25) is 4.79 Å². The molecule has 7 nitrogen and oxygen atoms in total. The van der Waals surface area contributed by atoms with Crippen LogP contribution in [0, 0.1) is 0 Å². The van der Waals surface area contributed by atoms with Crippen LogP contribution in [0.3, 0.4) is 0 Å². The van der Waals surface area contributed by atoms with Crippen molar-refractivity contribution in [1.29, 1.82) is 0 Å². The van der Waals surface area contributed by atoms with Gasteiger partial charge in [-0.15, -0.1) is 0 Å². The summed E-state index contributed by atoms with van der Waals surface area (Å²) in [6, 6.07) is 39.2. The van der Waals surface area contributed by atoms with Gasteiger partial charge in [0.2, 0.25) is 5.91 Å². The Kier molecular flexibility index (Phi) is 9.78. The molecule has 230 valence electrons. The number of amides is 2. The largest absolute Gasteiger partial charge is 0.444 e. The summed E-state index contributed by atoms with van der Waals surface area (Å²) in [5, 5.41) is 6.28. The van der Waals surface area contributed by atoms with Crippen molar-refractivity contribution >= 4 is 12.0 Å². The van der Waals surface area contributed by atoms with Crippen molar-refractivity contribution in [2.45, 2.75) is 57.2 Å². The highest BCUT2D eigenvalue weighted by atomic mass is 16.6. The molecule has 0 bridgehead atoms. The lowest BCUT2D eigenvalue weighted by Crippen LogP contribution is -2.49. The second-order valence-electron chi connectivity index (χ2n) is 12.1. The fraction of sp³-hybridized carbons (Fsp3) is 0.237. The van der Waals surface area contributed by atoms with E-state index >= 15 is 0 Å². The quantitative estimate of drug-likeness (QED) is 0.139. The Hall–Kier alpha value is -5.17. The van der Waals surface area contributed by atoms with E-state index in [9.17, 15) is 9.59 Å². The van der Waals surface area contributed by atoms with Crippen LogP contribution in [0.2, 0.25) is 0 Å². The molecule has 0 aliphatic carbocycles. The zero-order valence-corrected chi connectivity index (χ0v) is 26.0. The van der Waals surface area contributed by atoms with Crippen LogP contribution in [0.25, 0.3) is 0 Å². The van der Waals surface area contributed by atoms with Crippen LogP contribution in [0.4, 0.5) is 4.79 Å². The number of aromatic nitrogens is 2. The molecule has 0 saturated heterocycles. The monoisotopic (exact) mass is 600 g/mol. The first-order valence-electron chi connectivity index (χ1n) is 15.3. The molecule has 0 fully saturated rings. The smallest absolute Gasteiger partial charge is 0.408 e. The van der Waals surface area contributed by atoms with E-state index < -0.39 is 23.3 Å². The minimum atomic E-state index is -0.985. The van der Waals surface area contributed by atoms with Gasteiger partial charge in [0, 0.05) is 11.9 Å². The summed E-state index contributed by atoms with van der Waals surface area (Å²) in [5.41, 5.74) is 3.18. The Morgan fingerprint density at radius 3 is 1.71 bits per heavy atom. The van der Waals surface area contributed by atoms with Crippen molar-refractivity contribution in [2.24, 2.45) is 0 Å². The number of imidazole rings is 1. The Balaban J connectivity index is 1.46. The number of carbonyl (C=O) groups excluding carboxylic acids is 2. The van der Waals surface area contributed by atoms with E-state index in [1.165, 1.54) is 5.56 Å². The van der Waals surface area contributed by atoms with Crippen molar-refractivity contribution < 1.29 is 14.3 Å². The van der Waals surface area contributed by atoms with E-state index in [0.29, 0.717) is 5.82 Å². The van der Waals surface area contributed by atoms with Crippen LogP contribution in [0.15, 0.2) is 128 Å². The summed E-state index contributed by atoms with van der Waals surface area (Å²) in [5.74, 6) is 0.221. The van der Waals surface area contributed by atoms with Crippen molar-refractivity contribution in [2.75, 3.05) is 0 Å². The number of benzene rings is 4.